The number of ether oxygens (including phenoxy) is 2. The Morgan fingerprint density at radius 3 is 2.18 bits per heavy atom. The van der Waals surface area contributed by atoms with Gasteiger partial charge in [-0.15, -0.1) is 0 Å². The fourth-order valence-electron chi connectivity index (χ4n) is 4.01. The van der Waals surface area contributed by atoms with Crippen LogP contribution in [0.3, 0.4) is 0 Å². The van der Waals surface area contributed by atoms with Gasteiger partial charge in [0.1, 0.15) is 17.3 Å². The van der Waals surface area contributed by atoms with Crippen molar-refractivity contribution in [3.8, 4) is 11.5 Å². The quantitative estimate of drug-likeness (QED) is 0.538. The molecule has 170 valence electrons. The molecule has 1 N–H and O–H groups in total. The van der Waals surface area contributed by atoms with E-state index in [4.69, 9.17) is 21.1 Å². The van der Waals surface area contributed by atoms with Gasteiger partial charge in [0, 0.05) is 17.8 Å². The van der Waals surface area contributed by atoms with E-state index in [1.54, 1.807) is 55.5 Å². The molecule has 3 aromatic rings. The fourth-order valence-corrected chi connectivity index (χ4v) is 4.19. The van der Waals surface area contributed by atoms with Crippen LogP contribution in [-0.4, -0.2) is 26.0 Å². The van der Waals surface area contributed by atoms with E-state index in [-0.39, 0.29) is 23.3 Å². The highest BCUT2D eigenvalue weighted by Crippen LogP contribution is 2.42. The van der Waals surface area contributed by atoms with Crippen LogP contribution in [0, 0.1) is 11.7 Å². The second-order valence-electron chi connectivity index (χ2n) is 7.61. The predicted molar refractivity (Wildman–Crippen MR) is 124 cm³/mol. The molecule has 1 heterocycles. The molecule has 8 heteroatoms. The van der Waals surface area contributed by atoms with Crippen molar-refractivity contribution in [1.82, 2.24) is 0 Å². The molecule has 1 fully saturated rings. The first-order valence-corrected chi connectivity index (χ1v) is 10.6. The molecule has 1 aliphatic heterocycles. The van der Waals surface area contributed by atoms with Gasteiger partial charge in [0.25, 0.3) is 0 Å². The van der Waals surface area contributed by atoms with Crippen molar-refractivity contribution < 1.29 is 23.5 Å². The first-order valence-electron chi connectivity index (χ1n) is 10.3. The summed E-state index contributed by atoms with van der Waals surface area (Å²) < 4.78 is 24.0. The van der Waals surface area contributed by atoms with Gasteiger partial charge in [-0.05, 0) is 60.2 Å². The molecule has 2 atom stereocenters. The van der Waals surface area contributed by atoms with Crippen LogP contribution in [0.2, 0.25) is 5.02 Å². The van der Waals surface area contributed by atoms with Gasteiger partial charge in [0.2, 0.25) is 11.8 Å². The van der Waals surface area contributed by atoms with Gasteiger partial charge in [-0.3, -0.25) is 9.59 Å². The molecule has 33 heavy (non-hydrogen) atoms. The monoisotopic (exact) mass is 468 g/mol. The number of hydrogen-bond donors (Lipinski definition) is 1. The van der Waals surface area contributed by atoms with E-state index in [2.05, 4.69) is 5.32 Å². The number of halogens is 2. The van der Waals surface area contributed by atoms with E-state index in [0.717, 1.165) is 5.56 Å². The maximum absolute atomic E-state index is 13.5. The summed E-state index contributed by atoms with van der Waals surface area (Å²) in [7, 11) is 3.14. The smallest absolute Gasteiger partial charge is 0.230 e. The molecule has 1 saturated heterocycles. The number of rotatable bonds is 6. The zero-order valence-corrected chi connectivity index (χ0v) is 18.8. The first-order chi connectivity index (χ1) is 15.9. The molecule has 0 unspecified atom stereocenters. The van der Waals surface area contributed by atoms with Crippen molar-refractivity contribution in [1.29, 1.82) is 0 Å². The third-order valence-corrected chi connectivity index (χ3v) is 5.94. The van der Waals surface area contributed by atoms with Gasteiger partial charge in [0.05, 0.1) is 31.2 Å². The largest absolute Gasteiger partial charge is 0.497 e. The summed E-state index contributed by atoms with van der Waals surface area (Å²) in [5, 5.41) is 2.68. The van der Waals surface area contributed by atoms with Crippen molar-refractivity contribution in [2.24, 2.45) is 5.92 Å². The Morgan fingerprint density at radius 2 is 1.61 bits per heavy atom. The van der Waals surface area contributed by atoms with Crippen molar-refractivity contribution in [2.45, 2.75) is 12.5 Å². The lowest BCUT2D eigenvalue weighted by molar-refractivity contribution is -0.122. The van der Waals surface area contributed by atoms with Gasteiger partial charge in [-0.2, -0.15) is 0 Å². The third-order valence-electron chi connectivity index (χ3n) is 5.65. The summed E-state index contributed by atoms with van der Waals surface area (Å²) in [6.45, 7) is 0. The molecule has 0 aliphatic carbocycles. The Hall–Kier alpha value is -3.58. The summed E-state index contributed by atoms with van der Waals surface area (Å²) >= 11 is 5.85. The Morgan fingerprint density at radius 1 is 1.00 bits per heavy atom. The van der Waals surface area contributed by atoms with Crippen LogP contribution in [0.15, 0.2) is 66.7 Å². The van der Waals surface area contributed by atoms with Gasteiger partial charge < -0.3 is 19.7 Å². The Balaban J connectivity index is 1.70. The lowest BCUT2D eigenvalue weighted by Crippen LogP contribution is -2.32. The topological polar surface area (TPSA) is 67.9 Å². The van der Waals surface area contributed by atoms with Gasteiger partial charge in [0.15, 0.2) is 0 Å². The average molecular weight is 469 g/mol. The van der Waals surface area contributed by atoms with Crippen LogP contribution in [0.5, 0.6) is 11.5 Å². The number of amides is 2. The number of nitrogens with one attached hydrogen (secondary N) is 1. The Labute approximate surface area is 195 Å². The summed E-state index contributed by atoms with van der Waals surface area (Å²) in [5.41, 5.74) is 1.80. The summed E-state index contributed by atoms with van der Waals surface area (Å²) in [5.74, 6) is -0.472. The molecule has 0 saturated carbocycles. The minimum absolute atomic E-state index is 0.0173. The lowest BCUT2D eigenvalue weighted by atomic mass is 9.92. The highest BCUT2D eigenvalue weighted by Gasteiger charge is 2.45. The van der Waals surface area contributed by atoms with E-state index in [1.165, 1.54) is 18.2 Å². The fraction of sp³-hybridized carbons (Fsp3) is 0.200. The number of methoxy groups -OCH3 is 2. The van der Waals surface area contributed by atoms with E-state index in [1.807, 2.05) is 12.1 Å². The van der Waals surface area contributed by atoms with Crippen LogP contribution >= 0.6 is 11.6 Å². The second kappa shape index (κ2) is 9.50. The first kappa shape index (κ1) is 22.6. The number of nitrogens with zero attached hydrogens (tertiary/aromatic N) is 1. The molecular weight excluding hydrogens is 447 g/mol. The summed E-state index contributed by atoms with van der Waals surface area (Å²) in [6.07, 6.45) is 0.0173. The molecule has 6 nitrogen and oxygen atoms in total. The van der Waals surface area contributed by atoms with Gasteiger partial charge in [-0.1, -0.05) is 23.7 Å². The van der Waals surface area contributed by atoms with E-state index >= 15 is 0 Å². The third kappa shape index (κ3) is 4.64. The number of carbonyl (C=O) groups is 2. The van der Waals surface area contributed by atoms with Crippen molar-refractivity contribution in [2.75, 3.05) is 24.4 Å². The van der Waals surface area contributed by atoms with E-state index in [9.17, 15) is 14.0 Å². The average Bonchev–Trinajstić information content (AvgIpc) is 3.18. The van der Waals surface area contributed by atoms with E-state index < -0.39 is 17.8 Å². The summed E-state index contributed by atoms with van der Waals surface area (Å²) in [6, 6.07) is 17.8. The molecule has 0 radical (unpaired) electrons. The minimum atomic E-state index is -0.683. The molecule has 1 aliphatic rings. The second-order valence-corrected chi connectivity index (χ2v) is 8.02. The lowest BCUT2D eigenvalue weighted by Gasteiger charge is -2.28. The van der Waals surface area contributed by atoms with Crippen molar-refractivity contribution >= 4 is 34.8 Å². The number of hydrogen-bond acceptors (Lipinski definition) is 4. The highest BCUT2D eigenvalue weighted by molar-refractivity contribution is 6.31. The van der Waals surface area contributed by atoms with Crippen LogP contribution in [0.1, 0.15) is 18.0 Å². The molecule has 0 bridgehead atoms. The SMILES string of the molecule is COc1ccc([C@@H]2[C@H](C(=O)Nc3ccc(F)c(Cl)c3)CC(=O)N2c2ccc(OC)cc2)cc1. The molecule has 2 amide bonds. The molecule has 0 aromatic heterocycles. The number of anilines is 2. The number of carbonyl (C=O) groups excluding carboxylic acids is 2. The highest BCUT2D eigenvalue weighted by atomic mass is 35.5. The zero-order valence-electron chi connectivity index (χ0n) is 18.0. The van der Waals surface area contributed by atoms with Crippen LogP contribution in [0.25, 0.3) is 0 Å². The normalized spacial score (nSPS) is 17.7. The molecule has 3 aromatic carbocycles. The van der Waals surface area contributed by atoms with Gasteiger partial charge >= 0.3 is 0 Å². The number of benzene rings is 3. The predicted octanol–water partition coefficient (Wildman–Crippen LogP) is 5.23. The standard InChI is InChI=1S/C25H22ClFN2O4/c1-32-18-8-3-15(4-9-18)24-20(25(31)28-16-5-12-22(27)21(26)13-16)14-23(30)29(24)17-6-10-19(33-2)11-7-17/h3-13,20,24H,14H2,1-2H3,(H,28,31)/t20-,24-/m1/s1. The molecule has 0 spiro atoms. The summed E-state index contributed by atoms with van der Waals surface area (Å²) in [4.78, 5) is 28.0. The Bertz CT molecular complexity index is 1170. The van der Waals surface area contributed by atoms with Gasteiger partial charge in [-0.25, -0.2) is 4.39 Å². The van der Waals surface area contributed by atoms with Crippen molar-refractivity contribution in [3.63, 3.8) is 0 Å². The zero-order chi connectivity index (χ0) is 23.5. The van der Waals surface area contributed by atoms with Crippen LogP contribution < -0.4 is 19.7 Å². The Kier molecular flexibility index (Phi) is 6.51. The maximum atomic E-state index is 13.5. The van der Waals surface area contributed by atoms with Crippen LogP contribution in [-0.2, 0) is 9.59 Å². The molecule has 4 rings (SSSR count). The molecular formula is C25H22ClFN2O4. The minimum Gasteiger partial charge on any atom is -0.497 e. The van der Waals surface area contributed by atoms with Crippen molar-refractivity contribution in [3.05, 3.63) is 83.1 Å². The van der Waals surface area contributed by atoms with Crippen LogP contribution in [0.4, 0.5) is 15.8 Å². The maximum Gasteiger partial charge on any atom is 0.230 e. The van der Waals surface area contributed by atoms with E-state index in [0.29, 0.717) is 22.9 Å².